The van der Waals surface area contributed by atoms with Gasteiger partial charge in [0.25, 0.3) is 0 Å². The van der Waals surface area contributed by atoms with Crippen molar-refractivity contribution in [3.63, 3.8) is 0 Å². The summed E-state index contributed by atoms with van der Waals surface area (Å²) < 4.78 is 51.4. The second-order valence-electron chi connectivity index (χ2n) is 7.22. The van der Waals surface area contributed by atoms with Crippen LogP contribution in [0.4, 0.5) is 13.2 Å². The van der Waals surface area contributed by atoms with Crippen molar-refractivity contribution in [1.82, 2.24) is 0 Å². The number of benzene rings is 3. The van der Waals surface area contributed by atoms with Crippen molar-refractivity contribution in [2.45, 2.75) is 30.9 Å². The molecule has 0 amide bonds. The quantitative estimate of drug-likeness (QED) is 0.514. The summed E-state index contributed by atoms with van der Waals surface area (Å²) in [6.07, 6.45) is -3.84. The lowest BCUT2D eigenvalue weighted by Gasteiger charge is -2.39. The lowest BCUT2D eigenvalue weighted by atomic mass is 9.80. The van der Waals surface area contributed by atoms with Crippen LogP contribution in [0.2, 0.25) is 0 Å². The zero-order valence-corrected chi connectivity index (χ0v) is 14.9. The smallest absolute Gasteiger partial charge is 0.416 e. The number of ether oxygens (including phenoxy) is 2. The van der Waals surface area contributed by atoms with Crippen LogP contribution in [0.3, 0.4) is 0 Å². The molecular weight excluding hydrogens is 365 g/mol. The molecule has 3 aromatic carbocycles. The second kappa shape index (κ2) is 6.11. The molecule has 2 aliphatic rings. The highest BCUT2D eigenvalue weighted by Crippen LogP contribution is 2.52. The molecule has 2 atom stereocenters. The topological polar surface area (TPSA) is 18.5 Å². The van der Waals surface area contributed by atoms with Gasteiger partial charge in [0.1, 0.15) is 5.75 Å². The predicted octanol–water partition coefficient (Wildman–Crippen LogP) is 6.00. The summed E-state index contributed by atoms with van der Waals surface area (Å²) in [5, 5.41) is 0. The predicted molar refractivity (Wildman–Crippen MR) is 97.9 cm³/mol. The molecule has 5 heteroatoms. The first-order valence-electron chi connectivity index (χ1n) is 9.14. The van der Waals surface area contributed by atoms with Crippen LogP contribution >= 0.6 is 0 Å². The summed E-state index contributed by atoms with van der Waals surface area (Å²) in [5.41, 5.74) is 3.19. The molecule has 1 spiro atoms. The van der Waals surface area contributed by atoms with Crippen molar-refractivity contribution in [2.75, 3.05) is 0 Å². The molecule has 0 saturated heterocycles. The van der Waals surface area contributed by atoms with E-state index in [9.17, 15) is 13.2 Å². The first kappa shape index (κ1) is 17.3. The standard InChI is InChI=1S/C23H17F3O2/c24-23(25,26)17-11-9-15(10-12-17)19-13-22(28-21-8-4-2-6-18(19)21)20-7-3-1-5-16(20)14-27-22/h1-12,19H,13-14H2/t19-,22+/m0/s1. The van der Waals surface area contributed by atoms with Crippen LogP contribution in [0.1, 0.15) is 40.2 Å². The third-order valence-electron chi connectivity index (χ3n) is 5.57. The normalized spacial score (nSPS) is 23.2. The molecule has 2 aliphatic heterocycles. The Morgan fingerprint density at radius 3 is 2.36 bits per heavy atom. The second-order valence-corrected chi connectivity index (χ2v) is 7.22. The molecule has 142 valence electrons. The number of halogens is 3. The highest BCUT2D eigenvalue weighted by Gasteiger charge is 2.48. The Balaban J connectivity index is 1.60. The maximum Gasteiger partial charge on any atom is 0.416 e. The zero-order chi connectivity index (χ0) is 19.4. The third-order valence-corrected chi connectivity index (χ3v) is 5.57. The molecule has 28 heavy (non-hydrogen) atoms. The maximum absolute atomic E-state index is 13.0. The summed E-state index contributed by atoms with van der Waals surface area (Å²) in [6, 6.07) is 21.0. The van der Waals surface area contributed by atoms with Crippen molar-refractivity contribution in [3.05, 3.63) is 101 Å². The molecule has 0 radical (unpaired) electrons. The summed E-state index contributed by atoms with van der Waals surface area (Å²) in [6.45, 7) is 0.456. The monoisotopic (exact) mass is 382 g/mol. The molecule has 0 saturated carbocycles. The minimum absolute atomic E-state index is 0.126. The van der Waals surface area contributed by atoms with E-state index in [0.29, 0.717) is 18.8 Å². The van der Waals surface area contributed by atoms with E-state index >= 15 is 0 Å². The molecule has 0 aliphatic carbocycles. The van der Waals surface area contributed by atoms with Gasteiger partial charge in [-0.15, -0.1) is 0 Å². The van der Waals surface area contributed by atoms with Gasteiger partial charge >= 0.3 is 6.18 Å². The molecule has 0 fully saturated rings. The number of hydrogen-bond acceptors (Lipinski definition) is 2. The molecule has 0 aromatic heterocycles. The van der Waals surface area contributed by atoms with E-state index in [0.717, 1.165) is 34.4 Å². The lowest BCUT2D eigenvalue weighted by molar-refractivity contribution is -0.195. The van der Waals surface area contributed by atoms with Crippen LogP contribution in [0.15, 0.2) is 72.8 Å². The van der Waals surface area contributed by atoms with E-state index in [1.54, 1.807) is 12.1 Å². The molecule has 0 bridgehead atoms. The average molecular weight is 382 g/mol. The highest BCUT2D eigenvalue weighted by molar-refractivity contribution is 5.47. The van der Waals surface area contributed by atoms with Crippen LogP contribution < -0.4 is 4.74 Å². The molecule has 0 unspecified atom stereocenters. The number of rotatable bonds is 1. The summed E-state index contributed by atoms with van der Waals surface area (Å²) in [7, 11) is 0. The van der Waals surface area contributed by atoms with E-state index in [1.165, 1.54) is 0 Å². The fourth-order valence-corrected chi connectivity index (χ4v) is 4.20. The Labute approximate surface area is 160 Å². The molecule has 2 nitrogen and oxygen atoms in total. The Hall–Kier alpha value is -2.79. The van der Waals surface area contributed by atoms with Gasteiger partial charge in [0.2, 0.25) is 5.79 Å². The van der Waals surface area contributed by atoms with E-state index in [1.807, 2.05) is 48.5 Å². The Morgan fingerprint density at radius 2 is 1.57 bits per heavy atom. The summed E-state index contributed by atoms with van der Waals surface area (Å²) in [5.74, 6) is -0.341. The summed E-state index contributed by atoms with van der Waals surface area (Å²) >= 11 is 0. The van der Waals surface area contributed by atoms with Crippen LogP contribution in [-0.2, 0) is 23.3 Å². The summed E-state index contributed by atoms with van der Waals surface area (Å²) in [4.78, 5) is 0. The van der Waals surface area contributed by atoms with Crippen molar-refractivity contribution in [1.29, 1.82) is 0 Å². The number of fused-ring (bicyclic) bond motifs is 3. The van der Waals surface area contributed by atoms with Crippen LogP contribution in [-0.4, -0.2) is 0 Å². The number of para-hydroxylation sites is 1. The Morgan fingerprint density at radius 1 is 0.857 bits per heavy atom. The highest BCUT2D eigenvalue weighted by atomic mass is 19.4. The number of hydrogen-bond donors (Lipinski definition) is 0. The van der Waals surface area contributed by atoms with Gasteiger partial charge in [-0.25, -0.2) is 0 Å². The van der Waals surface area contributed by atoms with Gasteiger partial charge in [-0.2, -0.15) is 13.2 Å². The van der Waals surface area contributed by atoms with Gasteiger partial charge in [-0.1, -0.05) is 54.6 Å². The lowest BCUT2D eigenvalue weighted by Crippen LogP contribution is -2.38. The number of alkyl halides is 3. The average Bonchev–Trinajstić information content (AvgIpc) is 3.05. The van der Waals surface area contributed by atoms with Gasteiger partial charge in [-0.3, -0.25) is 0 Å². The largest absolute Gasteiger partial charge is 0.458 e. The van der Waals surface area contributed by atoms with Crippen molar-refractivity contribution in [2.24, 2.45) is 0 Å². The maximum atomic E-state index is 13.0. The van der Waals surface area contributed by atoms with Gasteiger partial charge in [-0.05, 0) is 29.3 Å². The fourth-order valence-electron chi connectivity index (χ4n) is 4.20. The van der Waals surface area contributed by atoms with Crippen molar-refractivity contribution >= 4 is 0 Å². The van der Waals surface area contributed by atoms with Gasteiger partial charge < -0.3 is 9.47 Å². The molecule has 5 rings (SSSR count). The molecule has 3 aromatic rings. The van der Waals surface area contributed by atoms with E-state index in [4.69, 9.17) is 9.47 Å². The van der Waals surface area contributed by atoms with Crippen LogP contribution in [0.5, 0.6) is 5.75 Å². The van der Waals surface area contributed by atoms with E-state index < -0.39 is 17.5 Å². The minimum Gasteiger partial charge on any atom is -0.458 e. The van der Waals surface area contributed by atoms with Crippen LogP contribution in [0.25, 0.3) is 0 Å². The SMILES string of the molecule is FC(F)(F)c1ccc([C@@H]2C[C@@]3(OCc4ccccc43)Oc3ccccc32)cc1. The van der Waals surface area contributed by atoms with Crippen LogP contribution in [0, 0.1) is 0 Å². The zero-order valence-electron chi connectivity index (χ0n) is 14.9. The first-order chi connectivity index (χ1) is 13.5. The first-order valence-corrected chi connectivity index (χ1v) is 9.14. The third kappa shape index (κ3) is 2.69. The van der Waals surface area contributed by atoms with Gasteiger partial charge in [0.05, 0.1) is 12.2 Å². The minimum atomic E-state index is -4.35. The molecule has 0 N–H and O–H groups in total. The van der Waals surface area contributed by atoms with Gasteiger partial charge in [0.15, 0.2) is 0 Å². The fraction of sp³-hybridized carbons (Fsp3) is 0.217. The van der Waals surface area contributed by atoms with E-state index in [-0.39, 0.29) is 5.92 Å². The Bertz CT molecular complexity index is 1030. The van der Waals surface area contributed by atoms with Gasteiger partial charge in [0, 0.05) is 23.5 Å². The molecular formula is C23H17F3O2. The molecule has 2 heterocycles. The van der Waals surface area contributed by atoms with E-state index in [2.05, 4.69) is 0 Å². The Kier molecular flexibility index (Phi) is 3.78. The van der Waals surface area contributed by atoms with Crippen molar-refractivity contribution in [3.8, 4) is 5.75 Å². The van der Waals surface area contributed by atoms with Crippen molar-refractivity contribution < 1.29 is 22.6 Å².